The lowest BCUT2D eigenvalue weighted by Gasteiger charge is -2.17. The molecule has 0 spiro atoms. The summed E-state index contributed by atoms with van der Waals surface area (Å²) in [7, 11) is 0. The normalized spacial score (nSPS) is 21.1. The Hall–Kier alpha value is -2.42. The molecule has 0 unspecified atom stereocenters. The summed E-state index contributed by atoms with van der Waals surface area (Å²) in [4.78, 5) is 17.2. The summed E-state index contributed by atoms with van der Waals surface area (Å²) in [5.41, 5.74) is 2.86. The van der Waals surface area contributed by atoms with Gasteiger partial charge < -0.3 is 4.84 Å². The van der Waals surface area contributed by atoms with Crippen LogP contribution in [0.5, 0.6) is 0 Å². The molecule has 0 aliphatic carbocycles. The number of carbonyl (C=O) groups excluding carboxylic acids is 1. The van der Waals surface area contributed by atoms with E-state index in [1.165, 1.54) is 0 Å². The summed E-state index contributed by atoms with van der Waals surface area (Å²) in [6, 6.07) is 19.8. The molecule has 0 radical (unpaired) electrons. The van der Waals surface area contributed by atoms with Gasteiger partial charge in [-0.25, -0.2) is 0 Å². The number of carbonyl (C=O) groups is 1. The minimum Gasteiger partial charge on any atom is -0.383 e. The van der Waals surface area contributed by atoms with Crippen molar-refractivity contribution >= 4 is 11.5 Å². The fourth-order valence-electron chi connectivity index (χ4n) is 2.52. The largest absolute Gasteiger partial charge is 0.383 e. The Labute approximate surface area is 117 Å². The number of ketones is 1. The maximum absolute atomic E-state index is 11.8. The van der Waals surface area contributed by atoms with Crippen LogP contribution >= 0.6 is 0 Å². The zero-order valence-electron chi connectivity index (χ0n) is 11.2. The van der Waals surface area contributed by atoms with Gasteiger partial charge in [0.2, 0.25) is 0 Å². The number of Topliss-reactive ketones (excluding diaryl/α,β-unsaturated/α-hetero) is 1. The maximum Gasteiger partial charge on any atom is 0.197 e. The highest BCUT2D eigenvalue weighted by molar-refractivity contribution is 6.09. The number of hydrogen-bond acceptors (Lipinski definition) is 3. The molecule has 2 aromatic rings. The molecule has 20 heavy (non-hydrogen) atoms. The van der Waals surface area contributed by atoms with E-state index in [0.717, 1.165) is 16.8 Å². The molecule has 2 atom stereocenters. The number of hydrogen-bond donors (Lipinski definition) is 0. The lowest BCUT2D eigenvalue weighted by Crippen LogP contribution is -2.28. The summed E-state index contributed by atoms with van der Waals surface area (Å²) >= 11 is 0. The molecule has 0 bridgehead atoms. The lowest BCUT2D eigenvalue weighted by atomic mass is 9.85. The second-order valence-electron chi connectivity index (χ2n) is 4.87. The van der Waals surface area contributed by atoms with E-state index in [1.54, 1.807) is 6.92 Å². The summed E-state index contributed by atoms with van der Waals surface area (Å²) in [5, 5.41) is 4.16. The van der Waals surface area contributed by atoms with Gasteiger partial charge in [-0.3, -0.25) is 4.79 Å². The van der Waals surface area contributed by atoms with Crippen molar-refractivity contribution in [1.29, 1.82) is 0 Å². The van der Waals surface area contributed by atoms with Crippen LogP contribution in [0.25, 0.3) is 0 Å². The fourth-order valence-corrected chi connectivity index (χ4v) is 2.52. The Morgan fingerprint density at radius 3 is 2.20 bits per heavy atom. The summed E-state index contributed by atoms with van der Waals surface area (Å²) in [6.07, 6.45) is -0.535. The van der Waals surface area contributed by atoms with E-state index in [1.807, 2.05) is 60.7 Å². The first-order valence-corrected chi connectivity index (χ1v) is 6.62. The standard InChI is InChI=1S/C17H15NO2/c1-12(19)17-15(13-8-4-2-5-9-13)16(18-20-17)14-10-6-3-7-11-14/h2-11,15,17H,1H3/t15-,17+/m1/s1. The smallest absolute Gasteiger partial charge is 0.197 e. The number of benzene rings is 2. The number of oxime groups is 1. The number of rotatable bonds is 3. The Kier molecular flexibility index (Phi) is 3.33. The monoisotopic (exact) mass is 265 g/mol. The highest BCUT2D eigenvalue weighted by Crippen LogP contribution is 2.32. The molecule has 2 aromatic carbocycles. The van der Waals surface area contributed by atoms with E-state index in [-0.39, 0.29) is 11.7 Å². The third-order valence-corrected chi connectivity index (χ3v) is 3.49. The molecule has 1 heterocycles. The van der Waals surface area contributed by atoms with Crippen LogP contribution in [0.2, 0.25) is 0 Å². The van der Waals surface area contributed by atoms with Gasteiger partial charge in [-0.15, -0.1) is 0 Å². The molecule has 0 aromatic heterocycles. The predicted octanol–water partition coefficient (Wildman–Crippen LogP) is 3.16. The fraction of sp³-hybridized carbons (Fsp3) is 0.176. The first-order valence-electron chi connectivity index (χ1n) is 6.62. The van der Waals surface area contributed by atoms with Crippen LogP contribution in [0, 0.1) is 0 Å². The second kappa shape index (κ2) is 5.29. The Morgan fingerprint density at radius 1 is 1.00 bits per heavy atom. The summed E-state index contributed by atoms with van der Waals surface area (Å²) in [5.74, 6) is -0.148. The van der Waals surface area contributed by atoms with Gasteiger partial charge in [0.05, 0.1) is 11.6 Å². The van der Waals surface area contributed by atoms with Crippen molar-refractivity contribution in [1.82, 2.24) is 0 Å². The quantitative estimate of drug-likeness (QED) is 0.855. The van der Waals surface area contributed by atoms with Crippen molar-refractivity contribution < 1.29 is 9.63 Å². The Morgan fingerprint density at radius 2 is 1.60 bits per heavy atom. The van der Waals surface area contributed by atoms with Crippen molar-refractivity contribution in [3.05, 3.63) is 71.8 Å². The molecule has 3 nitrogen and oxygen atoms in total. The molecular weight excluding hydrogens is 250 g/mol. The van der Waals surface area contributed by atoms with Crippen molar-refractivity contribution in [2.45, 2.75) is 18.9 Å². The molecule has 100 valence electrons. The van der Waals surface area contributed by atoms with Crippen LogP contribution in [0.3, 0.4) is 0 Å². The van der Waals surface area contributed by atoms with E-state index in [2.05, 4.69) is 5.16 Å². The molecule has 0 saturated carbocycles. The van der Waals surface area contributed by atoms with Crippen molar-refractivity contribution in [2.75, 3.05) is 0 Å². The average molecular weight is 265 g/mol. The van der Waals surface area contributed by atoms with Crippen molar-refractivity contribution in [2.24, 2.45) is 5.16 Å². The topological polar surface area (TPSA) is 38.7 Å². The van der Waals surface area contributed by atoms with Crippen LogP contribution in [0.1, 0.15) is 24.0 Å². The third-order valence-electron chi connectivity index (χ3n) is 3.49. The van der Waals surface area contributed by atoms with Crippen LogP contribution in [0.4, 0.5) is 0 Å². The molecular formula is C17H15NO2. The molecule has 3 heteroatoms. The second-order valence-corrected chi connectivity index (χ2v) is 4.87. The minimum absolute atomic E-state index is 0.00599. The van der Waals surface area contributed by atoms with E-state index >= 15 is 0 Å². The molecule has 1 aliphatic rings. The number of nitrogens with zero attached hydrogens (tertiary/aromatic N) is 1. The van der Waals surface area contributed by atoms with Crippen molar-refractivity contribution in [3.63, 3.8) is 0 Å². The summed E-state index contributed by atoms with van der Waals surface area (Å²) in [6.45, 7) is 1.55. The van der Waals surface area contributed by atoms with Gasteiger partial charge >= 0.3 is 0 Å². The molecule has 0 amide bonds. The van der Waals surface area contributed by atoms with Gasteiger partial charge in [0.25, 0.3) is 0 Å². The molecule has 1 aliphatic heterocycles. The van der Waals surface area contributed by atoms with Crippen molar-refractivity contribution in [3.8, 4) is 0 Å². The maximum atomic E-state index is 11.8. The van der Waals surface area contributed by atoms with Crippen LogP contribution in [0.15, 0.2) is 65.8 Å². The molecule has 0 N–H and O–H groups in total. The SMILES string of the molecule is CC(=O)[C@@H]1ON=C(c2ccccc2)[C@H]1c1ccccc1. The molecule has 0 fully saturated rings. The average Bonchev–Trinajstić information content (AvgIpc) is 2.94. The van der Waals surface area contributed by atoms with Crippen LogP contribution in [-0.4, -0.2) is 17.6 Å². The van der Waals surface area contributed by atoms with E-state index in [9.17, 15) is 4.79 Å². The highest BCUT2D eigenvalue weighted by Gasteiger charge is 2.38. The zero-order chi connectivity index (χ0) is 13.9. The highest BCUT2D eigenvalue weighted by atomic mass is 16.6. The lowest BCUT2D eigenvalue weighted by molar-refractivity contribution is -0.127. The van der Waals surface area contributed by atoms with Gasteiger partial charge in [-0.05, 0) is 12.5 Å². The molecule has 0 saturated heterocycles. The van der Waals surface area contributed by atoms with E-state index in [0.29, 0.717) is 0 Å². The Balaban J connectivity index is 2.04. The van der Waals surface area contributed by atoms with Gasteiger partial charge in [0.15, 0.2) is 11.9 Å². The minimum atomic E-state index is -0.535. The van der Waals surface area contributed by atoms with Crippen LogP contribution in [-0.2, 0) is 9.63 Å². The Bertz CT molecular complexity index is 635. The van der Waals surface area contributed by atoms with E-state index < -0.39 is 6.10 Å². The predicted molar refractivity (Wildman–Crippen MR) is 77.7 cm³/mol. The summed E-state index contributed by atoms with van der Waals surface area (Å²) < 4.78 is 0. The zero-order valence-corrected chi connectivity index (χ0v) is 11.2. The van der Waals surface area contributed by atoms with Gasteiger partial charge in [0, 0.05) is 5.56 Å². The third kappa shape index (κ3) is 2.23. The van der Waals surface area contributed by atoms with Crippen LogP contribution < -0.4 is 0 Å². The van der Waals surface area contributed by atoms with Gasteiger partial charge in [0.1, 0.15) is 0 Å². The van der Waals surface area contributed by atoms with Gasteiger partial charge in [-0.1, -0.05) is 65.8 Å². The molecule has 3 rings (SSSR count). The first kappa shape index (κ1) is 12.6. The van der Waals surface area contributed by atoms with E-state index in [4.69, 9.17) is 4.84 Å². The van der Waals surface area contributed by atoms with Gasteiger partial charge in [-0.2, -0.15) is 0 Å². The first-order chi connectivity index (χ1) is 9.77.